The smallest absolute Gasteiger partial charge is 0.324 e. The minimum atomic E-state index is -0.755. The number of benzene rings is 1. The number of imide groups is 1. The number of rotatable bonds is 5. The van der Waals surface area contributed by atoms with Crippen molar-refractivity contribution in [1.29, 1.82) is 0 Å². The maximum atomic E-state index is 13.6. The number of likely N-dealkylation sites (tertiary alicyclic amines) is 1. The van der Waals surface area contributed by atoms with Crippen LogP contribution in [-0.4, -0.2) is 76.8 Å². The quantitative estimate of drug-likeness (QED) is 0.524. The number of hydrogen-bond donors (Lipinski definition) is 1. The van der Waals surface area contributed by atoms with Crippen molar-refractivity contribution >= 4 is 17.8 Å². The summed E-state index contributed by atoms with van der Waals surface area (Å²) in [5.41, 5.74) is 2.53. The predicted octanol–water partition coefficient (Wildman–Crippen LogP) is 2.96. The van der Waals surface area contributed by atoms with Crippen molar-refractivity contribution in [2.24, 2.45) is 11.8 Å². The number of nitrogens with zero attached hydrogens (tertiary/aromatic N) is 3. The first-order valence-electron chi connectivity index (χ1n) is 13.5. The van der Waals surface area contributed by atoms with Gasteiger partial charge in [-0.15, -0.1) is 0 Å². The highest BCUT2D eigenvalue weighted by molar-refractivity contribution is 6.05. The van der Waals surface area contributed by atoms with Crippen molar-refractivity contribution in [3.63, 3.8) is 0 Å². The van der Waals surface area contributed by atoms with Crippen LogP contribution in [0.5, 0.6) is 0 Å². The molecule has 0 unspecified atom stereocenters. The lowest BCUT2D eigenvalue weighted by Gasteiger charge is -2.54. The predicted molar refractivity (Wildman–Crippen MR) is 132 cm³/mol. The molecule has 1 aliphatic carbocycles. The molecular weight excluding hydrogens is 440 g/mol. The molecule has 35 heavy (non-hydrogen) atoms. The first-order valence-corrected chi connectivity index (χ1v) is 13.5. The zero-order chi connectivity index (χ0) is 23.9. The van der Waals surface area contributed by atoms with Crippen molar-refractivity contribution in [2.75, 3.05) is 26.2 Å². The molecule has 0 saturated carbocycles. The van der Waals surface area contributed by atoms with E-state index in [1.165, 1.54) is 42.7 Å². The Morgan fingerprint density at radius 1 is 1.06 bits per heavy atom. The highest BCUT2D eigenvalue weighted by Crippen LogP contribution is 2.45. The highest BCUT2D eigenvalue weighted by Gasteiger charge is 2.48. The van der Waals surface area contributed by atoms with Crippen LogP contribution in [0, 0.1) is 11.8 Å². The van der Waals surface area contributed by atoms with Crippen LogP contribution in [0.3, 0.4) is 0 Å². The van der Waals surface area contributed by atoms with Gasteiger partial charge in [-0.2, -0.15) is 0 Å². The maximum Gasteiger partial charge on any atom is 0.324 e. The Labute approximate surface area is 207 Å². The van der Waals surface area contributed by atoms with Crippen molar-refractivity contribution in [3.05, 3.63) is 47.5 Å². The molecule has 1 N–H and O–H groups in total. The summed E-state index contributed by atoms with van der Waals surface area (Å²) in [6.07, 6.45) is 10.3. The zero-order valence-electron chi connectivity index (χ0n) is 20.4. The van der Waals surface area contributed by atoms with Gasteiger partial charge in [0.1, 0.15) is 6.04 Å². The van der Waals surface area contributed by atoms with Gasteiger partial charge in [-0.3, -0.25) is 19.4 Å². The lowest BCUT2D eigenvalue weighted by molar-refractivity contribution is -0.139. The third-order valence-corrected chi connectivity index (χ3v) is 8.93. The van der Waals surface area contributed by atoms with Gasteiger partial charge in [0, 0.05) is 25.7 Å². The van der Waals surface area contributed by atoms with Gasteiger partial charge in [-0.25, -0.2) is 4.79 Å². The fourth-order valence-electron chi connectivity index (χ4n) is 7.36. The lowest BCUT2D eigenvalue weighted by atomic mass is 9.68. The molecule has 4 amide bonds. The first-order chi connectivity index (χ1) is 17.1. The average Bonchev–Trinajstić information content (AvgIpc) is 3.14. The molecule has 4 heterocycles. The second-order valence-corrected chi connectivity index (χ2v) is 11.0. The molecule has 7 heteroatoms. The molecule has 1 aromatic rings. The molecule has 5 atom stereocenters. The fraction of sp³-hybridized carbons (Fsp3) is 0.607. The van der Waals surface area contributed by atoms with Crippen LogP contribution in [0.25, 0.3) is 0 Å². The normalized spacial score (nSPS) is 32.6. The number of hydrogen-bond acceptors (Lipinski definition) is 4. The monoisotopic (exact) mass is 476 g/mol. The minimum absolute atomic E-state index is 0.00313. The van der Waals surface area contributed by atoms with Crippen LogP contribution in [0.2, 0.25) is 0 Å². The average molecular weight is 477 g/mol. The molecule has 0 aromatic heterocycles. The molecule has 0 radical (unpaired) electrons. The van der Waals surface area contributed by atoms with Crippen LogP contribution < -0.4 is 5.32 Å². The van der Waals surface area contributed by atoms with E-state index in [-0.39, 0.29) is 30.3 Å². The van der Waals surface area contributed by atoms with Crippen molar-refractivity contribution in [3.8, 4) is 0 Å². The first kappa shape index (κ1) is 22.8. The Hall–Kier alpha value is -2.67. The van der Waals surface area contributed by atoms with Gasteiger partial charge < -0.3 is 10.2 Å². The third kappa shape index (κ3) is 4.28. The summed E-state index contributed by atoms with van der Waals surface area (Å²) in [4.78, 5) is 45.1. The van der Waals surface area contributed by atoms with Crippen LogP contribution in [0.4, 0.5) is 4.79 Å². The van der Waals surface area contributed by atoms with Crippen LogP contribution >= 0.6 is 0 Å². The van der Waals surface area contributed by atoms with E-state index in [9.17, 15) is 14.4 Å². The number of fused-ring (bicyclic) bond motifs is 6. The van der Waals surface area contributed by atoms with Crippen LogP contribution in [0.15, 0.2) is 42.0 Å². The van der Waals surface area contributed by atoms with Gasteiger partial charge >= 0.3 is 6.03 Å². The van der Waals surface area contributed by atoms with E-state index in [0.29, 0.717) is 30.8 Å². The van der Waals surface area contributed by atoms with Crippen LogP contribution in [-0.2, 0) is 16.0 Å². The molecule has 6 rings (SSSR count). The highest BCUT2D eigenvalue weighted by atomic mass is 16.2. The topological polar surface area (TPSA) is 73.0 Å². The number of piperidine rings is 3. The third-order valence-electron chi connectivity index (χ3n) is 8.93. The lowest BCUT2D eigenvalue weighted by Crippen LogP contribution is -2.60. The molecule has 4 fully saturated rings. The summed E-state index contributed by atoms with van der Waals surface area (Å²) in [7, 11) is 0. The summed E-state index contributed by atoms with van der Waals surface area (Å²) >= 11 is 0. The zero-order valence-corrected chi connectivity index (χ0v) is 20.4. The number of nitrogens with one attached hydrogen (secondary N) is 1. The van der Waals surface area contributed by atoms with Crippen molar-refractivity contribution < 1.29 is 14.4 Å². The van der Waals surface area contributed by atoms with E-state index in [2.05, 4.69) is 16.3 Å². The van der Waals surface area contributed by atoms with Crippen LogP contribution in [0.1, 0.15) is 50.5 Å². The van der Waals surface area contributed by atoms with Gasteiger partial charge in [0.15, 0.2) is 0 Å². The van der Waals surface area contributed by atoms with E-state index < -0.39 is 6.04 Å². The van der Waals surface area contributed by atoms with Gasteiger partial charge in [-0.1, -0.05) is 48.4 Å². The Balaban J connectivity index is 1.12. The molecule has 186 valence electrons. The Morgan fingerprint density at radius 3 is 2.77 bits per heavy atom. The van der Waals surface area contributed by atoms with Gasteiger partial charge in [0.2, 0.25) is 5.91 Å². The van der Waals surface area contributed by atoms with Gasteiger partial charge in [0.05, 0.1) is 12.5 Å². The largest absolute Gasteiger partial charge is 0.336 e. The molecule has 1 aromatic carbocycles. The number of carbonyl (C=O) groups is 3. The van der Waals surface area contributed by atoms with Gasteiger partial charge in [-0.05, 0) is 62.5 Å². The summed E-state index contributed by atoms with van der Waals surface area (Å²) in [6.45, 7) is 3.35. The Bertz CT molecular complexity index is 1020. The summed E-state index contributed by atoms with van der Waals surface area (Å²) in [5, 5.41) is 2.78. The second kappa shape index (κ2) is 9.41. The van der Waals surface area contributed by atoms with Crippen molar-refractivity contribution in [2.45, 2.75) is 69.5 Å². The van der Waals surface area contributed by atoms with Crippen molar-refractivity contribution in [1.82, 2.24) is 20.0 Å². The molecule has 4 aliphatic heterocycles. The standard InChI is InChI=1S/C28H36N4O3/c33-25(17-23-27(34)32(28(35)29-23)14-11-19-7-2-1-3-8-19)31-13-6-9-20-15-21-16-22(26(20)31)18-30-12-5-4-10-24(21)30/h1-3,7-8,15,21-24,26H,4-6,9-14,16-18H2,(H,29,35)/t21-,22-,23-,24-,26-/m0/s1. The van der Waals surface area contributed by atoms with E-state index in [0.717, 1.165) is 31.5 Å². The van der Waals surface area contributed by atoms with E-state index in [1.54, 1.807) is 0 Å². The SMILES string of the molecule is O=C1N[C@@H](CC(=O)N2CCCC3=C[C@H]4C[C@@H](CN5CCCC[C@@H]45)[C@H]32)C(=O)N1CCc1ccccc1. The van der Waals surface area contributed by atoms with E-state index in [4.69, 9.17) is 0 Å². The fourth-order valence-corrected chi connectivity index (χ4v) is 7.36. The summed E-state index contributed by atoms with van der Waals surface area (Å²) in [5.74, 6) is 0.840. The maximum absolute atomic E-state index is 13.6. The molecule has 0 spiro atoms. The molecule has 5 aliphatic rings. The van der Waals surface area contributed by atoms with Gasteiger partial charge in [0.25, 0.3) is 5.91 Å². The molecule has 7 nitrogen and oxygen atoms in total. The Kier molecular flexibility index (Phi) is 6.13. The van der Waals surface area contributed by atoms with E-state index >= 15 is 0 Å². The Morgan fingerprint density at radius 2 is 1.91 bits per heavy atom. The molecule has 4 saturated heterocycles. The molecule has 2 bridgehead atoms. The second-order valence-electron chi connectivity index (χ2n) is 11.0. The minimum Gasteiger partial charge on any atom is -0.336 e. The summed E-state index contributed by atoms with van der Waals surface area (Å²) < 4.78 is 0. The number of amides is 4. The summed E-state index contributed by atoms with van der Waals surface area (Å²) in [6, 6.07) is 9.56. The number of carbonyl (C=O) groups excluding carboxylic acids is 3. The molecular formula is C28H36N4O3. The number of urea groups is 1. The van der Waals surface area contributed by atoms with E-state index in [1.807, 2.05) is 35.2 Å².